The van der Waals surface area contributed by atoms with Crippen LogP contribution in [0.25, 0.3) is 0 Å². The first kappa shape index (κ1) is 15.0. The maximum Gasteiger partial charge on any atom is 0.229 e. The van der Waals surface area contributed by atoms with Gasteiger partial charge in [-0.3, -0.25) is 4.79 Å². The van der Waals surface area contributed by atoms with Gasteiger partial charge in [-0.2, -0.15) is 0 Å². The minimum Gasteiger partial charge on any atom is -0.381 e. The van der Waals surface area contributed by atoms with Gasteiger partial charge in [0.2, 0.25) is 5.91 Å². The highest BCUT2D eigenvalue weighted by Gasteiger charge is 2.21. The summed E-state index contributed by atoms with van der Waals surface area (Å²) in [4.78, 5) is 12.2. The van der Waals surface area contributed by atoms with Crippen LogP contribution in [0.2, 0.25) is 0 Å². The molecule has 1 amide bonds. The highest BCUT2D eigenvalue weighted by atomic mass is 16.5. The Morgan fingerprint density at radius 2 is 2.35 bits per heavy atom. The lowest BCUT2D eigenvalue weighted by Gasteiger charge is -2.21. The highest BCUT2D eigenvalue weighted by Crippen LogP contribution is 2.20. The van der Waals surface area contributed by atoms with Crippen molar-refractivity contribution in [2.24, 2.45) is 5.92 Å². The fourth-order valence-corrected chi connectivity index (χ4v) is 2.50. The summed E-state index contributed by atoms with van der Waals surface area (Å²) < 4.78 is 5.36. The number of hydrogen-bond acceptors (Lipinski definition) is 3. The van der Waals surface area contributed by atoms with Crippen LogP contribution in [-0.4, -0.2) is 25.7 Å². The van der Waals surface area contributed by atoms with Gasteiger partial charge in [0.25, 0.3) is 0 Å². The molecular formula is C16H24N2O2. The third-order valence-corrected chi connectivity index (χ3v) is 3.70. The molecule has 110 valence electrons. The highest BCUT2D eigenvalue weighted by molar-refractivity contribution is 5.92. The van der Waals surface area contributed by atoms with E-state index in [4.69, 9.17) is 4.74 Å². The van der Waals surface area contributed by atoms with Gasteiger partial charge in [-0.15, -0.1) is 0 Å². The molecule has 1 aliphatic rings. The molecule has 2 unspecified atom stereocenters. The minimum absolute atomic E-state index is 0.0152. The molecule has 2 atom stereocenters. The number of carbonyl (C=O) groups excluding carboxylic acids is 1. The van der Waals surface area contributed by atoms with Crippen LogP contribution in [0, 0.1) is 5.92 Å². The molecule has 0 aliphatic carbocycles. The van der Waals surface area contributed by atoms with Crippen molar-refractivity contribution in [1.82, 2.24) is 5.32 Å². The van der Waals surface area contributed by atoms with Crippen molar-refractivity contribution in [2.75, 3.05) is 25.1 Å². The quantitative estimate of drug-likeness (QED) is 0.869. The molecule has 4 nitrogen and oxygen atoms in total. The number of hydrogen-bond donors (Lipinski definition) is 2. The SMILES string of the molecule is CCNC(C)c1cccc(NC(=O)C2CCCOC2)c1. The van der Waals surface area contributed by atoms with Gasteiger partial charge < -0.3 is 15.4 Å². The third-order valence-electron chi connectivity index (χ3n) is 3.70. The molecule has 1 fully saturated rings. The van der Waals surface area contributed by atoms with Crippen LogP contribution in [0.1, 0.15) is 38.3 Å². The predicted octanol–water partition coefficient (Wildman–Crippen LogP) is 2.72. The summed E-state index contributed by atoms with van der Waals surface area (Å²) in [6, 6.07) is 8.32. The van der Waals surface area contributed by atoms with Crippen molar-refractivity contribution in [3.63, 3.8) is 0 Å². The Morgan fingerprint density at radius 1 is 1.50 bits per heavy atom. The van der Waals surface area contributed by atoms with E-state index >= 15 is 0 Å². The molecule has 20 heavy (non-hydrogen) atoms. The molecule has 1 aromatic carbocycles. The lowest BCUT2D eigenvalue weighted by Crippen LogP contribution is -2.30. The number of benzene rings is 1. The van der Waals surface area contributed by atoms with E-state index in [1.54, 1.807) is 0 Å². The molecule has 0 saturated carbocycles. The first-order chi connectivity index (χ1) is 9.70. The summed E-state index contributed by atoms with van der Waals surface area (Å²) in [5.74, 6) is 0.0524. The average Bonchev–Trinajstić information content (AvgIpc) is 2.48. The first-order valence-corrected chi connectivity index (χ1v) is 7.42. The fourth-order valence-electron chi connectivity index (χ4n) is 2.50. The Kier molecular flexibility index (Phi) is 5.56. The Morgan fingerprint density at radius 3 is 3.05 bits per heavy atom. The second kappa shape index (κ2) is 7.41. The molecule has 1 heterocycles. The van der Waals surface area contributed by atoms with E-state index in [2.05, 4.69) is 30.5 Å². The maximum absolute atomic E-state index is 12.2. The molecule has 0 aromatic heterocycles. The van der Waals surface area contributed by atoms with Crippen LogP contribution >= 0.6 is 0 Å². The van der Waals surface area contributed by atoms with Gasteiger partial charge in [0.15, 0.2) is 0 Å². The van der Waals surface area contributed by atoms with E-state index in [1.807, 2.05) is 18.2 Å². The largest absolute Gasteiger partial charge is 0.381 e. The molecular weight excluding hydrogens is 252 g/mol. The summed E-state index contributed by atoms with van der Waals surface area (Å²) in [6.07, 6.45) is 1.88. The minimum atomic E-state index is -0.0152. The molecule has 1 aromatic rings. The molecule has 0 bridgehead atoms. The summed E-state index contributed by atoms with van der Waals surface area (Å²) in [6.45, 7) is 6.46. The van der Waals surface area contributed by atoms with Gasteiger partial charge in [0.05, 0.1) is 12.5 Å². The molecule has 4 heteroatoms. The lowest BCUT2D eigenvalue weighted by atomic mass is 10.0. The van der Waals surface area contributed by atoms with Gasteiger partial charge in [-0.25, -0.2) is 0 Å². The van der Waals surface area contributed by atoms with Gasteiger partial charge >= 0.3 is 0 Å². The van der Waals surface area contributed by atoms with E-state index in [0.717, 1.165) is 31.7 Å². The fraction of sp³-hybridized carbons (Fsp3) is 0.562. The zero-order chi connectivity index (χ0) is 14.4. The van der Waals surface area contributed by atoms with Crippen molar-refractivity contribution >= 4 is 11.6 Å². The standard InChI is InChI=1S/C16H24N2O2/c1-3-17-12(2)13-6-4-8-15(10-13)18-16(19)14-7-5-9-20-11-14/h4,6,8,10,12,14,17H,3,5,7,9,11H2,1-2H3,(H,18,19). The van der Waals surface area contributed by atoms with Crippen LogP contribution in [0.5, 0.6) is 0 Å². The smallest absolute Gasteiger partial charge is 0.229 e. The van der Waals surface area contributed by atoms with Gasteiger partial charge in [-0.05, 0) is 44.0 Å². The summed E-state index contributed by atoms with van der Waals surface area (Å²) in [5.41, 5.74) is 2.05. The molecule has 2 rings (SSSR count). The third kappa shape index (κ3) is 4.05. The Balaban J connectivity index is 1.98. The molecule has 2 N–H and O–H groups in total. The van der Waals surface area contributed by atoms with Crippen molar-refractivity contribution < 1.29 is 9.53 Å². The van der Waals surface area contributed by atoms with Crippen molar-refractivity contribution in [3.05, 3.63) is 29.8 Å². The summed E-state index contributed by atoms with van der Waals surface area (Å²) >= 11 is 0. The Labute approximate surface area is 120 Å². The van der Waals surface area contributed by atoms with Crippen LogP contribution in [0.4, 0.5) is 5.69 Å². The van der Waals surface area contributed by atoms with Gasteiger partial charge in [-0.1, -0.05) is 19.1 Å². The van der Waals surface area contributed by atoms with Crippen LogP contribution in [0.3, 0.4) is 0 Å². The number of amides is 1. The second-order valence-corrected chi connectivity index (χ2v) is 5.31. The summed E-state index contributed by atoms with van der Waals surface area (Å²) in [5, 5.41) is 6.38. The second-order valence-electron chi connectivity index (χ2n) is 5.31. The van der Waals surface area contributed by atoms with E-state index < -0.39 is 0 Å². The van der Waals surface area contributed by atoms with Gasteiger partial charge in [0.1, 0.15) is 0 Å². The van der Waals surface area contributed by atoms with Gasteiger partial charge in [0, 0.05) is 18.3 Å². The maximum atomic E-state index is 12.2. The van der Waals surface area contributed by atoms with E-state index in [0.29, 0.717) is 6.61 Å². The lowest BCUT2D eigenvalue weighted by molar-refractivity contribution is -0.123. The number of anilines is 1. The zero-order valence-corrected chi connectivity index (χ0v) is 12.3. The molecule has 0 spiro atoms. The molecule has 1 saturated heterocycles. The Bertz CT molecular complexity index is 442. The summed E-state index contributed by atoms with van der Waals surface area (Å²) in [7, 11) is 0. The number of carbonyl (C=O) groups is 1. The molecule has 1 aliphatic heterocycles. The van der Waals surface area contributed by atoms with Crippen LogP contribution in [-0.2, 0) is 9.53 Å². The predicted molar refractivity (Wildman–Crippen MR) is 80.7 cm³/mol. The Hall–Kier alpha value is -1.39. The van der Waals surface area contributed by atoms with E-state index in [9.17, 15) is 4.79 Å². The number of nitrogens with one attached hydrogen (secondary N) is 2. The monoisotopic (exact) mass is 276 g/mol. The average molecular weight is 276 g/mol. The van der Waals surface area contributed by atoms with Crippen molar-refractivity contribution in [3.8, 4) is 0 Å². The van der Waals surface area contributed by atoms with Crippen LogP contribution < -0.4 is 10.6 Å². The topological polar surface area (TPSA) is 50.4 Å². The number of rotatable bonds is 5. The van der Waals surface area contributed by atoms with E-state index in [-0.39, 0.29) is 17.9 Å². The van der Waals surface area contributed by atoms with Crippen molar-refractivity contribution in [1.29, 1.82) is 0 Å². The van der Waals surface area contributed by atoms with Crippen LogP contribution in [0.15, 0.2) is 24.3 Å². The number of ether oxygens (including phenoxy) is 1. The zero-order valence-electron chi connectivity index (χ0n) is 12.3. The van der Waals surface area contributed by atoms with Crippen molar-refractivity contribution in [2.45, 2.75) is 32.7 Å². The van der Waals surface area contributed by atoms with E-state index in [1.165, 1.54) is 5.56 Å². The normalized spacial score (nSPS) is 20.4. The molecule has 0 radical (unpaired) electrons. The first-order valence-electron chi connectivity index (χ1n) is 7.42.